The second kappa shape index (κ2) is 6.12. The van der Waals surface area contributed by atoms with Crippen LogP contribution in [0, 0.1) is 0 Å². The minimum absolute atomic E-state index is 0.564. The standard InChI is InChI=1S/C14H13Cl2N3S/c15-5-3-13-18-11-9-10(16)1-2-12(11)19(13)7-4-14-17-6-8-20-14/h1-2,6,8-9H,3-5,7H2. The predicted octanol–water partition coefficient (Wildman–Crippen LogP) is 4.17. The van der Waals surface area contributed by atoms with E-state index in [1.165, 1.54) is 0 Å². The molecule has 0 radical (unpaired) electrons. The van der Waals surface area contributed by atoms with Crippen molar-refractivity contribution in [1.82, 2.24) is 14.5 Å². The van der Waals surface area contributed by atoms with Crippen molar-refractivity contribution in [2.24, 2.45) is 0 Å². The van der Waals surface area contributed by atoms with Crippen molar-refractivity contribution in [2.75, 3.05) is 5.88 Å². The third-order valence-electron chi connectivity index (χ3n) is 3.14. The lowest BCUT2D eigenvalue weighted by Gasteiger charge is -2.07. The molecule has 0 N–H and O–H groups in total. The Kier molecular flexibility index (Phi) is 4.24. The summed E-state index contributed by atoms with van der Waals surface area (Å²) in [6, 6.07) is 5.81. The van der Waals surface area contributed by atoms with Crippen LogP contribution in [0.5, 0.6) is 0 Å². The third kappa shape index (κ3) is 2.82. The molecular weight excluding hydrogens is 313 g/mol. The summed E-state index contributed by atoms with van der Waals surface area (Å²) in [6.45, 7) is 0.859. The van der Waals surface area contributed by atoms with Gasteiger partial charge in [0.25, 0.3) is 0 Å². The van der Waals surface area contributed by atoms with Gasteiger partial charge in [-0.2, -0.15) is 0 Å². The molecule has 3 rings (SSSR count). The van der Waals surface area contributed by atoms with Gasteiger partial charge >= 0.3 is 0 Å². The Balaban J connectivity index is 1.95. The molecule has 3 aromatic rings. The summed E-state index contributed by atoms with van der Waals surface area (Å²) >= 11 is 13.6. The van der Waals surface area contributed by atoms with Crippen molar-refractivity contribution in [2.45, 2.75) is 19.4 Å². The summed E-state index contributed by atoms with van der Waals surface area (Å²) in [5.41, 5.74) is 2.03. The van der Waals surface area contributed by atoms with E-state index < -0.39 is 0 Å². The van der Waals surface area contributed by atoms with Gasteiger partial charge in [-0.3, -0.25) is 0 Å². The average molecular weight is 326 g/mol. The fraction of sp³-hybridized carbons (Fsp3) is 0.286. The van der Waals surface area contributed by atoms with Crippen LogP contribution in [0.15, 0.2) is 29.8 Å². The molecule has 0 atom stereocenters. The van der Waals surface area contributed by atoms with Gasteiger partial charge in [-0.15, -0.1) is 22.9 Å². The first kappa shape index (κ1) is 13.9. The first-order valence-corrected chi connectivity index (χ1v) is 8.16. The summed E-state index contributed by atoms with van der Waals surface area (Å²) in [5, 5.41) is 3.85. The fourth-order valence-electron chi connectivity index (χ4n) is 2.26. The van der Waals surface area contributed by atoms with Crippen LogP contribution in [0.4, 0.5) is 0 Å². The molecule has 3 nitrogen and oxygen atoms in total. The van der Waals surface area contributed by atoms with Crippen molar-refractivity contribution in [3.05, 3.63) is 45.6 Å². The minimum atomic E-state index is 0.564. The molecule has 0 unspecified atom stereocenters. The van der Waals surface area contributed by atoms with Gasteiger partial charge in [0.1, 0.15) is 5.82 Å². The topological polar surface area (TPSA) is 30.7 Å². The molecule has 0 fully saturated rings. The van der Waals surface area contributed by atoms with Crippen molar-refractivity contribution in [3.63, 3.8) is 0 Å². The van der Waals surface area contributed by atoms with Crippen LogP contribution in [0.1, 0.15) is 10.8 Å². The molecule has 104 valence electrons. The monoisotopic (exact) mass is 325 g/mol. The molecule has 2 heterocycles. The normalized spacial score (nSPS) is 11.3. The van der Waals surface area contributed by atoms with Crippen molar-refractivity contribution < 1.29 is 0 Å². The maximum Gasteiger partial charge on any atom is 0.111 e. The number of nitrogens with zero attached hydrogens (tertiary/aromatic N) is 3. The van der Waals surface area contributed by atoms with Gasteiger partial charge in [-0.25, -0.2) is 9.97 Å². The Bertz CT molecular complexity index is 707. The van der Waals surface area contributed by atoms with Crippen LogP contribution >= 0.6 is 34.5 Å². The van der Waals surface area contributed by atoms with Crippen LogP contribution in [-0.4, -0.2) is 20.4 Å². The van der Waals surface area contributed by atoms with E-state index in [4.69, 9.17) is 23.2 Å². The maximum atomic E-state index is 6.03. The number of benzene rings is 1. The Labute approximate surface area is 131 Å². The van der Waals surface area contributed by atoms with E-state index in [2.05, 4.69) is 14.5 Å². The van der Waals surface area contributed by atoms with Gasteiger partial charge in [0.05, 0.1) is 16.0 Å². The zero-order chi connectivity index (χ0) is 13.9. The van der Waals surface area contributed by atoms with E-state index in [0.29, 0.717) is 10.9 Å². The molecule has 0 saturated carbocycles. The molecule has 0 aliphatic rings. The Morgan fingerprint density at radius 1 is 1.25 bits per heavy atom. The lowest BCUT2D eigenvalue weighted by atomic mass is 10.3. The van der Waals surface area contributed by atoms with Crippen molar-refractivity contribution in [1.29, 1.82) is 0 Å². The number of halogens is 2. The molecule has 1 aromatic carbocycles. The first-order chi connectivity index (χ1) is 9.78. The maximum absolute atomic E-state index is 6.03. The predicted molar refractivity (Wildman–Crippen MR) is 85.0 cm³/mol. The number of rotatable bonds is 5. The second-order valence-corrected chi connectivity index (χ2v) is 6.22. The summed E-state index contributed by atoms with van der Waals surface area (Å²) in [4.78, 5) is 8.96. The Morgan fingerprint density at radius 2 is 2.15 bits per heavy atom. The fourth-order valence-corrected chi connectivity index (χ4v) is 3.21. The lowest BCUT2D eigenvalue weighted by Crippen LogP contribution is -2.06. The summed E-state index contributed by atoms with van der Waals surface area (Å²) in [6.07, 6.45) is 3.50. The van der Waals surface area contributed by atoms with Gasteiger partial charge in [0, 0.05) is 41.9 Å². The van der Waals surface area contributed by atoms with Crippen LogP contribution in [-0.2, 0) is 19.4 Å². The van der Waals surface area contributed by atoms with E-state index in [1.54, 1.807) is 11.3 Å². The van der Waals surface area contributed by atoms with Gasteiger partial charge in [0.2, 0.25) is 0 Å². The van der Waals surface area contributed by atoms with Crippen LogP contribution in [0.3, 0.4) is 0 Å². The molecule has 0 aliphatic heterocycles. The van der Waals surface area contributed by atoms with Crippen LogP contribution in [0.25, 0.3) is 11.0 Å². The van der Waals surface area contributed by atoms with E-state index in [9.17, 15) is 0 Å². The molecule has 0 bridgehead atoms. The number of aromatic nitrogens is 3. The zero-order valence-corrected chi connectivity index (χ0v) is 13.0. The highest BCUT2D eigenvalue weighted by Gasteiger charge is 2.11. The van der Waals surface area contributed by atoms with Gasteiger partial charge in [-0.05, 0) is 18.2 Å². The highest BCUT2D eigenvalue weighted by atomic mass is 35.5. The van der Waals surface area contributed by atoms with Crippen molar-refractivity contribution in [3.8, 4) is 0 Å². The smallest absolute Gasteiger partial charge is 0.111 e. The number of aryl methyl sites for hydroxylation is 3. The summed E-state index contributed by atoms with van der Waals surface area (Å²) in [5.74, 6) is 1.57. The summed E-state index contributed by atoms with van der Waals surface area (Å²) in [7, 11) is 0. The van der Waals surface area contributed by atoms with Crippen molar-refractivity contribution >= 4 is 45.6 Å². The average Bonchev–Trinajstić information content (AvgIpc) is 3.04. The van der Waals surface area contributed by atoms with E-state index in [0.717, 1.165) is 41.3 Å². The zero-order valence-electron chi connectivity index (χ0n) is 10.7. The number of thiazole rings is 1. The van der Waals surface area contributed by atoms with Crippen LogP contribution in [0.2, 0.25) is 5.02 Å². The van der Waals surface area contributed by atoms with Gasteiger partial charge < -0.3 is 4.57 Å². The number of fused-ring (bicyclic) bond motifs is 1. The molecule has 20 heavy (non-hydrogen) atoms. The molecule has 0 spiro atoms. The molecule has 0 saturated heterocycles. The van der Waals surface area contributed by atoms with E-state index in [-0.39, 0.29) is 0 Å². The Morgan fingerprint density at radius 3 is 2.90 bits per heavy atom. The molecule has 6 heteroatoms. The minimum Gasteiger partial charge on any atom is -0.328 e. The quantitative estimate of drug-likeness (QED) is 0.659. The molecule has 0 amide bonds. The van der Waals surface area contributed by atoms with E-state index >= 15 is 0 Å². The second-order valence-electron chi connectivity index (χ2n) is 4.43. The lowest BCUT2D eigenvalue weighted by molar-refractivity contribution is 0.673. The highest BCUT2D eigenvalue weighted by molar-refractivity contribution is 7.09. The number of hydrogen-bond donors (Lipinski definition) is 0. The third-order valence-corrected chi connectivity index (χ3v) is 4.40. The highest BCUT2D eigenvalue weighted by Crippen LogP contribution is 2.22. The molecular formula is C14H13Cl2N3S. The molecule has 0 aliphatic carbocycles. The number of alkyl halides is 1. The Hall–Kier alpha value is -1.10. The number of hydrogen-bond acceptors (Lipinski definition) is 3. The SMILES string of the molecule is ClCCc1nc2cc(Cl)ccc2n1CCc1nccs1. The van der Waals surface area contributed by atoms with Gasteiger partial charge in [0.15, 0.2) is 0 Å². The van der Waals surface area contributed by atoms with E-state index in [1.807, 2.05) is 29.8 Å². The summed E-state index contributed by atoms with van der Waals surface area (Å²) < 4.78 is 2.22. The van der Waals surface area contributed by atoms with Gasteiger partial charge in [-0.1, -0.05) is 11.6 Å². The van der Waals surface area contributed by atoms with Crippen LogP contribution < -0.4 is 0 Å². The molecule has 2 aromatic heterocycles. The first-order valence-electron chi connectivity index (χ1n) is 6.37. The largest absolute Gasteiger partial charge is 0.328 e. The number of imidazole rings is 1.